The van der Waals surface area contributed by atoms with Gasteiger partial charge in [0.25, 0.3) is 0 Å². The second-order valence-electron chi connectivity index (χ2n) is 4.59. The lowest BCUT2D eigenvalue weighted by molar-refractivity contribution is -0.142. The van der Waals surface area contributed by atoms with E-state index in [9.17, 15) is 4.79 Å². The maximum Gasteiger partial charge on any atom is 0.310 e. The molecule has 0 N–H and O–H groups in total. The molecule has 1 rings (SSSR count). The maximum absolute atomic E-state index is 11.6. The minimum Gasteiger partial charge on any atom is -0.483 e. The van der Waals surface area contributed by atoms with E-state index >= 15 is 0 Å². The molecule has 104 valence electrons. The molecule has 3 nitrogen and oxygen atoms in total. The summed E-state index contributed by atoms with van der Waals surface area (Å²) < 4.78 is 10.9. The van der Waals surface area contributed by atoms with Crippen LogP contribution >= 0.6 is 15.9 Å². The van der Waals surface area contributed by atoms with E-state index in [1.807, 2.05) is 44.2 Å². The highest BCUT2D eigenvalue weighted by Gasteiger charge is 2.18. The third-order valence-electron chi connectivity index (χ3n) is 2.45. The predicted octanol–water partition coefficient (Wildman–Crippen LogP) is 3.86. The van der Waals surface area contributed by atoms with Gasteiger partial charge in [-0.05, 0) is 37.9 Å². The molecule has 0 aliphatic heterocycles. The fraction of sp³-hybridized carbons (Fsp3) is 0.400. The average Bonchev–Trinajstić information content (AvgIpc) is 2.31. The summed E-state index contributed by atoms with van der Waals surface area (Å²) in [6.07, 6.45) is 2.12. The molecular formula is C15H19BrO3. The molecule has 19 heavy (non-hydrogen) atoms. The first-order chi connectivity index (χ1) is 8.98. The van der Waals surface area contributed by atoms with Crippen LogP contribution in [0.5, 0.6) is 5.75 Å². The minimum atomic E-state index is -0.450. The first-order valence-electron chi connectivity index (χ1n) is 6.19. The van der Waals surface area contributed by atoms with Gasteiger partial charge in [0.2, 0.25) is 0 Å². The highest BCUT2D eigenvalue weighted by molar-refractivity contribution is 9.11. The van der Waals surface area contributed by atoms with E-state index in [2.05, 4.69) is 15.9 Å². The monoisotopic (exact) mass is 326 g/mol. The number of benzene rings is 1. The lowest BCUT2D eigenvalue weighted by atomic mass is 10.1. The average molecular weight is 327 g/mol. The van der Waals surface area contributed by atoms with Crippen LogP contribution in [0, 0.1) is 0 Å². The molecule has 0 aliphatic rings. The molecule has 1 aromatic rings. The molecule has 1 aromatic carbocycles. The molecule has 0 unspecified atom stereocenters. The van der Waals surface area contributed by atoms with Crippen molar-refractivity contribution in [1.29, 1.82) is 0 Å². The van der Waals surface area contributed by atoms with Crippen molar-refractivity contribution >= 4 is 21.9 Å². The summed E-state index contributed by atoms with van der Waals surface area (Å²) in [5.74, 6) is 0.457. The summed E-state index contributed by atoms with van der Waals surface area (Å²) in [5, 5.41) is 0. The van der Waals surface area contributed by atoms with Gasteiger partial charge in [-0.2, -0.15) is 0 Å². The number of rotatable bonds is 6. The second kappa shape index (κ2) is 7.34. The molecular weight excluding hydrogens is 308 g/mol. The van der Waals surface area contributed by atoms with Gasteiger partial charge in [-0.1, -0.05) is 34.1 Å². The van der Waals surface area contributed by atoms with Gasteiger partial charge in [0.05, 0.1) is 13.0 Å². The topological polar surface area (TPSA) is 35.5 Å². The maximum atomic E-state index is 11.6. The smallest absolute Gasteiger partial charge is 0.310 e. The van der Waals surface area contributed by atoms with Gasteiger partial charge in [0.15, 0.2) is 0 Å². The Balaban J connectivity index is 2.87. The van der Waals surface area contributed by atoms with E-state index < -0.39 is 5.60 Å². The van der Waals surface area contributed by atoms with Crippen LogP contribution < -0.4 is 4.74 Å². The zero-order valence-electron chi connectivity index (χ0n) is 11.5. The molecule has 0 heterocycles. The van der Waals surface area contributed by atoms with Crippen LogP contribution in [0.3, 0.4) is 0 Å². The first-order valence-corrected chi connectivity index (χ1v) is 7.10. The number of hydrogen-bond donors (Lipinski definition) is 0. The standard InChI is InChI=1S/C15H19BrO3/c1-4-18-14(17)11-12-7-5-6-8-13(12)19-15(2,3)9-10-16/h5-10H,4,11H2,1-3H3/b10-9+. The molecule has 0 saturated carbocycles. The first kappa shape index (κ1) is 15.8. The van der Waals surface area contributed by atoms with Gasteiger partial charge >= 0.3 is 5.97 Å². The molecule has 4 heteroatoms. The number of carbonyl (C=O) groups is 1. The Hall–Kier alpha value is -1.29. The Labute approximate surface area is 122 Å². The van der Waals surface area contributed by atoms with Gasteiger partial charge in [-0.25, -0.2) is 0 Å². The van der Waals surface area contributed by atoms with Gasteiger partial charge in [-0.3, -0.25) is 4.79 Å². The summed E-state index contributed by atoms with van der Waals surface area (Å²) in [7, 11) is 0. The summed E-state index contributed by atoms with van der Waals surface area (Å²) in [5.41, 5.74) is 0.380. The number of hydrogen-bond acceptors (Lipinski definition) is 3. The number of carbonyl (C=O) groups excluding carboxylic acids is 1. The molecule has 0 amide bonds. The lowest BCUT2D eigenvalue weighted by Crippen LogP contribution is -2.25. The Kier molecular flexibility index (Phi) is 6.09. The molecule has 0 fully saturated rings. The Morgan fingerprint density at radius 3 is 2.68 bits per heavy atom. The van der Waals surface area contributed by atoms with Crippen molar-refractivity contribution in [3.8, 4) is 5.75 Å². The van der Waals surface area contributed by atoms with Crippen LogP contribution in [0.2, 0.25) is 0 Å². The van der Waals surface area contributed by atoms with Crippen molar-refractivity contribution in [3.05, 3.63) is 40.9 Å². The third kappa shape index (κ3) is 5.47. The van der Waals surface area contributed by atoms with E-state index in [0.29, 0.717) is 12.4 Å². The van der Waals surface area contributed by atoms with Crippen molar-refractivity contribution < 1.29 is 14.3 Å². The number of para-hydroxylation sites is 1. The SMILES string of the molecule is CCOC(=O)Cc1ccccc1OC(C)(C)/C=C/Br. The largest absolute Gasteiger partial charge is 0.483 e. The van der Waals surface area contributed by atoms with E-state index in [-0.39, 0.29) is 12.4 Å². The van der Waals surface area contributed by atoms with Crippen LogP contribution in [0.25, 0.3) is 0 Å². The Morgan fingerprint density at radius 1 is 1.37 bits per heavy atom. The molecule has 0 aliphatic carbocycles. The zero-order valence-corrected chi connectivity index (χ0v) is 13.1. The van der Waals surface area contributed by atoms with Gasteiger partial charge in [0.1, 0.15) is 11.4 Å². The third-order valence-corrected chi connectivity index (χ3v) is 2.71. The molecule has 0 radical (unpaired) electrons. The number of halogens is 1. The molecule has 0 spiro atoms. The van der Waals surface area contributed by atoms with Crippen molar-refractivity contribution in [3.63, 3.8) is 0 Å². The van der Waals surface area contributed by atoms with Crippen molar-refractivity contribution in [1.82, 2.24) is 0 Å². The van der Waals surface area contributed by atoms with Gasteiger partial charge < -0.3 is 9.47 Å². The van der Waals surface area contributed by atoms with Crippen molar-refractivity contribution in [2.75, 3.05) is 6.61 Å². The van der Waals surface area contributed by atoms with Crippen LogP contribution in [0.15, 0.2) is 35.3 Å². The van der Waals surface area contributed by atoms with Crippen LogP contribution in [-0.2, 0) is 16.0 Å². The fourth-order valence-corrected chi connectivity index (χ4v) is 2.22. The van der Waals surface area contributed by atoms with Gasteiger partial charge in [-0.15, -0.1) is 0 Å². The molecule has 0 aromatic heterocycles. The number of esters is 1. The van der Waals surface area contributed by atoms with Crippen molar-refractivity contribution in [2.45, 2.75) is 32.8 Å². The fourth-order valence-electron chi connectivity index (χ4n) is 1.59. The zero-order chi connectivity index (χ0) is 14.3. The summed E-state index contributed by atoms with van der Waals surface area (Å²) in [6.45, 7) is 6.09. The molecule has 0 saturated heterocycles. The van der Waals surface area contributed by atoms with E-state index in [1.54, 1.807) is 11.9 Å². The molecule has 0 bridgehead atoms. The van der Waals surface area contributed by atoms with E-state index in [1.165, 1.54) is 0 Å². The molecule has 0 atom stereocenters. The quantitative estimate of drug-likeness (QED) is 0.744. The van der Waals surface area contributed by atoms with Crippen molar-refractivity contribution in [2.24, 2.45) is 0 Å². The Morgan fingerprint density at radius 2 is 2.05 bits per heavy atom. The summed E-state index contributed by atoms with van der Waals surface area (Å²) >= 11 is 3.24. The highest BCUT2D eigenvalue weighted by atomic mass is 79.9. The number of ether oxygens (including phenoxy) is 2. The predicted molar refractivity (Wildman–Crippen MR) is 79.6 cm³/mol. The second-order valence-corrected chi connectivity index (χ2v) is 5.12. The van der Waals surface area contributed by atoms with Gasteiger partial charge in [0, 0.05) is 5.56 Å². The highest BCUT2D eigenvalue weighted by Crippen LogP contribution is 2.24. The Bertz CT molecular complexity index is 452. The van der Waals surface area contributed by atoms with E-state index in [4.69, 9.17) is 9.47 Å². The normalized spacial score (nSPS) is 11.6. The summed E-state index contributed by atoms with van der Waals surface area (Å²) in [6, 6.07) is 7.51. The summed E-state index contributed by atoms with van der Waals surface area (Å²) in [4.78, 5) is 13.3. The minimum absolute atomic E-state index is 0.220. The van der Waals surface area contributed by atoms with Crippen LogP contribution in [-0.4, -0.2) is 18.2 Å². The van der Waals surface area contributed by atoms with Crippen LogP contribution in [0.1, 0.15) is 26.3 Å². The lowest BCUT2D eigenvalue weighted by Gasteiger charge is -2.24. The van der Waals surface area contributed by atoms with Crippen LogP contribution in [0.4, 0.5) is 0 Å². The van der Waals surface area contributed by atoms with E-state index in [0.717, 1.165) is 5.56 Å².